The third-order valence-electron chi connectivity index (χ3n) is 5.31. The molecule has 2 heterocycles. The lowest BCUT2D eigenvalue weighted by Crippen LogP contribution is -2.40. The first-order valence-corrected chi connectivity index (χ1v) is 9.51. The fourth-order valence-electron chi connectivity index (χ4n) is 3.70. The molecular weight excluding hydrogens is 342 g/mol. The molecule has 0 unspecified atom stereocenters. The summed E-state index contributed by atoms with van der Waals surface area (Å²) in [6.07, 6.45) is 4.38. The first-order valence-electron chi connectivity index (χ1n) is 9.51. The molecule has 6 heteroatoms. The standard InChI is InChI=1S/C21H29N3O3/c1-16-13-22-20(15-26-2)24(16)14-17-7-9-23(10-8-17)21(25)12-18-5-4-6-19(11-18)27-3/h4-6,11,13,17H,7-10,12,14-15H2,1-3H3. The van der Waals surface area contributed by atoms with Gasteiger partial charge in [0, 0.05) is 38.6 Å². The Hall–Kier alpha value is -2.34. The van der Waals surface area contributed by atoms with Crippen LogP contribution in [0.1, 0.15) is 29.9 Å². The van der Waals surface area contributed by atoms with Crippen LogP contribution in [0.25, 0.3) is 0 Å². The monoisotopic (exact) mass is 371 g/mol. The molecule has 0 saturated carbocycles. The molecule has 0 atom stereocenters. The molecule has 1 fully saturated rings. The van der Waals surface area contributed by atoms with Crippen LogP contribution in [0.3, 0.4) is 0 Å². The highest BCUT2D eigenvalue weighted by Gasteiger charge is 2.24. The van der Waals surface area contributed by atoms with E-state index in [9.17, 15) is 4.79 Å². The second-order valence-electron chi connectivity index (χ2n) is 7.21. The summed E-state index contributed by atoms with van der Waals surface area (Å²) < 4.78 is 12.7. The van der Waals surface area contributed by atoms with E-state index in [1.165, 1.54) is 5.69 Å². The predicted molar refractivity (Wildman–Crippen MR) is 104 cm³/mol. The Balaban J connectivity index is 1.52. The van der Waals surface area contributed by atoms with Gasteiger partial charge < -0.3 is 18.9 Å². The van der Waals surface area contributed by atoms with Gasteiger partial charge in [0.1, 0.15) is 18.2 Å². The van der Waals surface area contributed by atoms with E-state index >= 15 is 0 Å². The molecule has 3 rings (SSSR count). The summed E-state index contributed by atoms with van der Waals surface area (Å²) in [7, 11) is 3.34. The molecule has 1 saturated heterocycles. The fraction of sp³-hybridized carbons (Fsp3) is 0.524. The Morgan fingerprint density at radius 2 is 2.04 bits per heavy atom. The van der Waals surface area contributed by atoms with Crippen LogP contribution in [0.2, 0.25) is 0 Å². The molecule has 1 aliphatic rings. The minimum atomic E-state index is 0.195. The number of aryl methyl sites for hydroxylation is 1. The molecule has 1 aromatic carbocycles. The van der Waals surface area contributed by atoms with Crippen molar-refractivity contribution in [2.75, 3.05) is 27.3 Å². The van der Waals surface area contributed by atoms with Crippen molar-refractivity contribution in [3.05, 3.63) is 47.5 Å². The van der Waals surface area contributed by atoms with Gasteiger partial charge in [0.05, 0.1) is 13.5 Å². The minimum Gasteiger partial charge on any atom is -0.497 e. The topological polar surface area (TPSA) is 56.6 Å². The number of likely N-dealkylation sites (tertiary alicyclic amines) is 1. The van der Waals surface area contributed by atoms with Gasteiger partial charge in [-0.05, 0) is 43.4 Å². The number of hydrogen-bond donors (Lipinski definition) is 0. The fourth-order valence-corrected chi connectivity index (χ4v) is 3.70. The summed E-state index contributed by atoms with van der Waals surface area (Å²) in [6, 6.07) is 7.74. The molecule has 0 N–H and O–H groups in total. The number of benzene rings is 1. The molecule has 27 heavy (non-hydrogen) atoms. The van der Waals surface area contributed by atoms with E-state index in [-0.39, 0.29) is 5.91 Å². The van der Waals surface area contributed by atoms with Crippen molar-refractivity contribution in [3.8, 4) is 5.75 Å². The van der Waals surface area contributed by atoms with Crippen LogP contribution in [-0.2, 0) is 29.1 Å². The van der Waals surface area contributed by atoms with Gasteiger partial charge in [0.25, 0.3) is 0 Å². The van der Waals surface area contributed by atoms with Gasteiger partial charge in [0.15, 0.2) is 0 Å². The number of methoxy groups -OCH3 is 2. The van der Waals surface area contributed by atoms with Crippen molar-refractivity contribution in [2.24, 2.45) is 5.92 Å². The Bertz CT molecular complexity index is 764. The number of imidazole rings is 1. The highest BCUT2D eigenvalue weighted by Crippen LogP contribution is 2.22. The predicted octanol–water partition coefficient (Wildman–Crippen LogP) is 2.83. The number of hydrogen-bond acceptors (Lipinski definition) is 4. The highest BCUT2D eigenvalue weighted by molar-refractivity contribution is 5.79. The van der Waals surface area contributed by atoms with E-state index in [2.05, 4.69) is 16.5 Å². The van der Waals surface area contributed by atoms with Crippen molar-refractivity contribution >= 4 is 5.91 Å². The lowest BCUT2D eigenvalue weighted by atomic mass is 9.96. The number of rotatable bonds is 7. The number of amides is 1. The summed E-state index contributed by atoms with van der Waals surface area (Å²) in [5, 5.41) is 0. The maximum absolute atomic E-state index is 12.6. The van der Waals surface area contributed by atoms with E-state index in [1.54, 1.807) is 14.2 Å². The smallest absolute Gasteiger partial charge is 0.226 e. The van der Waals surface area contributed by atoms with Gasteiger partial charge in [-0.15, -0.1) is 0 Å². The first-order chi connectivity index (χ1) is 13.1. The second-order valence-corrected chi connectivity index (χ2v) is 7.21. The van der Waals surface area contributed by atoms with Crippen molar-refractivity contribution in [2.45, 2.75) is 39.3 Å². The second kappa shape index (κ2) is 9.04. The van der Waals surface area contributed by atoms with Gasteiger partial charge in [0.2, 0.25) is 5.91 Å². The summed E-state index contributed by atoms with van der Waals surface area (Å²) in [4.78, 5) is 19.1. The highest BCUT2D eigenvalue weighted by atomic mass is 16.5. The average molecular weight is 371 g/mol. The van der Waals surface area contributed by atoms with E-state index in [1.807, 2.05) is 35.4 Å². The van der Waals surface area contributed by atoms with E-state index in [4.69, 9.17) is 9.47 Å². The van der Waals surface area contributed by atoms with Crippen LogP contribution in [-0.4, -0.2) is 47.7 Å². The van der Waals surface area contributed by atoms with E-state index in [0.717, 1.165) is 49.6 Å². The van der Waals surface area contributed by atoms with E-state index < -0.39 is 0 Å². The Morgan fingerprint density at radius 3 is 2.74 bits per heavy atom. The van der Waals surface area contributed by atoms with Gasteiger partial charge in [-0.25, -0.2) is 4.98 Å². The molecule has 1 amide bonds. The number of nitrogens with zero attached hydrogens (tertiary/aromatic N) is 3. The molecule has 0 bridgehead atoms. The third-order valence-corrected chi connectivity index (χ3v) is 5.31. The zero-order valence-corrected chi connectivity index (χ0v) is 16.5. The number of aromatic nitrogens is 2. The van der Waals surface area contributed by atoms with Crippen molar-refractivity contribution < 1.29 is 14.3 Å². The summed E-state index contributed by atoms with van der Waals surface area (Å²) in [6.45, 7) is 5.20. The number of carbonyl (C=O) groups is 1. The van der Waals surface area contributed by atoms with Crippen LogP contribution in [0, 0.1) is 12.8 Å². The number of ether oxygens (including phenoxy) is 2. The average Bonchev–Trinajstić information content (AvgIpc) is 3.02. The van der Waals surface area contributed by atoms with Gasteiger partial charge >= 0.3 is 0 Å². The third kappa shape index (κ3) is 4.89. The van der Waals surface area contributed by atoms with Crippen molar-refractivity contribution in [1.29, 1.82) is 0 Å². The van der Waals surface area contributed by atoms with Crippen molar-refractivity contribution in [3.63, 3.8) is 0 Å². The lowest BCUT2D eigenvalue weighted by molar-refractivity contribution is -0.131. The molecule has 1 aromatic heterocycles. The molecule has 1 aliphatic heterocycles. The van der Waals surface area contributed by atoms with Crippen LogP contribution in [0.4, 0.5) is 0 Å². The number of carbonyl (C=O) groups excluding carboxylic acids is 1. The maximum Gasteiger partial charge on any atom is 0.226 e. The summed E-state index contributed by atoms with van der Waals surface area (Å²) >= 11 is 0. The largest absolute Gasteiger partial charge is 0.497 e. The molecule has 146 valence electrons. The SMILES string of the molecule is COCc1ncc(C)n1CC1CCN(C(=O)Cc2cccc(OC)c2)CC1. The van der Waals surface area contributed by atoms with E-state index in [0.29, 0.717) is 18.9 Å². The molecule has 0 spiro atoms. The number of piperidine rings is 1. The summed E-state index contributed by atoms with van der Waals surface area (Å²) in [5.41, 5.74) is 2.17. The Labute approximate surface area is 161 Å². The molecular formula is C21H29N3O3. The van der Waals surface area contributed by atoms with Gasteiger partial charge in [-0.3, -0.25) is 4.79 Å². The lowest BCUT2D eigenvalue weighted by Gasteiger charge is -2.32. The normalized spacial score (nSPS) is 15.1. The Morgan fingerprint density at radius 1 is 1.26 bits per heavy atom. The van der Waals surface area contributed by atoms with Crippen LogP contribution in [0.5, 0.6) is 5.75 Å². The molecule has 2 aromatic rings. The van der Waals surface area contributed by atoms with Crippen LogP contribution >= 0.6 is 0 Å². The Kier molecular flexibility index (Phi) is 6.50. The van der Waals surface area contributed by atoms with Gasteiger partial charge in [-0.1, -0.05) is 12.1 Å². The molecule has 0 radical (unpaired) electrons. The quantitative estimate of drug-likeness (QED) is 0.751. The van der Waals surface area contributed by atoms with Crippen LogP contribution < -0.4 is 4.74 Å². The summed E-state index contributed by atoms with van der Waals surface area (Å²) in [5.74, 6) is 2.53. The maximum atomic E-state index is 12.6. The first kappa shape index (κ1) is 19.4. The molecule has 0 aliphatic carbocycles. The zero-order chi connectivity index (χ0) is 19.2. The minimum absolute atomic E-state index is 0.195. The van der Waals surface area contributed by atoms with Crippen molar-refractivity contribution in [1.82, 2.24) is 14.5 Å². The molecule has 6 nitrogen and oxygen atoms in total. The zero-order valence-electron chi connectivity index (χ0n) is 16.5. The van der Waals surface area contributed by atoms with Gasteiger partial charge in [-0.2, -0.15) is 0 Å². The van der Waals surface area contributed by atoms with Crippen LogP contribution in [0.15, 0.2) is 30.5 Å².